The standard InChI is InChI=1S/C12H16BrNO5S/c1-8(2)18-5-6-19-12(15)10-7-9(20(14,16)17)3-4-11(10)13/h3-4,7-8H,5-6H2,1-2H3,(H2,14,16,17). The maximum Gasteiger partial charge on any atom is 0.339 e. The summed E-state index contributed by atoms with van der Waals surface area (Å²) in [5.74, 6) is -0.644. The molecule has 0 aliphatic carbocycles. The summed E-state index contributed by atoms with van der Waals surface area (Å²) in [6.45, 7) is 4.10. The first-order valence-corrected chi connectivity index (χ1v) is 8.17. The predicted octanol–water partition coefficient (Wildman–Crippen LogP) is 1.68. The highest BCUT2D eigenvalue weighted by molar-refractivity contribution is 9.10. The molecule has 1 aromatic rings. The summed E-state index contributed by atoms with van der Waals surface area (Å²) in [7, 11) is -3.87. The number of benzene rings is 1. The van der Waals surface area contributed by atoms with Gasteiger partial charge in [0.2, 0.25) is 10.0 Å². The molecule has 0 aliphatic heterocycles. The summed E-state index contributed by atoms with van der Waals surface area (Å²) in [4.78, 5) is 11.7. The second kappa shape index (κ2) is 7.16. The van der Waals surface area contributed by atoms with Crippen LogP contribution in [0.4, 0.5) is 0 Å². The van der Waals surface area contributed by atoms with Crippen LogP contribution < -0.4 is 5.14 Å². The molecular weight excluding hydrogens is 350 g/mol. The van der Waals surface area contributed by atoms with Crippen LogP contribution in [0.1, 0.15) is 24.2 Å². The van der Waals surface area contributed by atoms with Gasteiger partial charge in [0.15, 0.2) is 0 Å². The minimum Gasteiger partial charge on any atom is -0.460 e. The lowest BCUT2D eigenvalue weighted by atomic mass is 10.2. The molecule has 0 bridgehead atoms. The van der Waals surface area contributed by atoms with Gasteiger partial charge in [0.1, 0.15) is 6.61 Å². The van der Waals surface area contributed by atoms with E-state index < -0.39 is 16.0 Å². The van der Waals surface area contributed by atoms with Crippen molar-refractivity contribution in [3.63, 3.8) is 0 Å². The van der Waals surface area contributed by atoms with E-state index in [1.165, 1.54) is 18.2 Å². The molecule has 0 amide bonds. The number of hydrogen-bond donors (Lipinski definition) is 1. The zero-order valence-electron chi connectivity index (χ0n) is 11.1. The largest absolute Gasteiger partial charge is 0.460 e. The molecule has 0 heterocycles. The molecule has 8 heteroatoms. The molecule has 0 atom stereocenters. The van der Waals surface area contributed by atoms with Crippen molar-refractivity contribution in [2.24, 2.45) is 5.14 Å². The van der Waals surface area contributed by atoms with Crippen molar-refractivity contribution < 1.29 is 22.7 Å². The highest BCUT2D eigenvalue weighted by Gasteiger charge is 2.16. The lowest BCUT2D eigenvalue weighted by Gasteiger charge is -2.09. The number of primary sulfonamides is 1. The Labute approximate surface area is 126 Å². The van der Waals surface area contributed by atoms with Crippen LogP contribution in [-0.4, -0.2) is 33.7 Å². The number of sulfonamides is 1. The van der Waals surface area contributed by atoms with Crippen LogP contribution in [-0.2, 0) is 19.5 Å². The van der Waals surface area contributed by atoms with Gasteiger partial charge in [-0.15, -0.1) is 0 Å². The minimum atomic E-state index is -3.87. The Bertz CT molecular complexity index is 586. The summed E-state index contributed by atoms with van der Waals surface area (Å²) in [5, 5.41) is 5.02. The monoisotopic (exact) mass is 365 g/mol. The summed E-state index contributed by atoms with van der Waals surface area (Å²) in [6, 6.07) is 3.91. The Balaban J connectivity index is 2.77. The maximum atomic E-state index is 11.8. The molecule has 20 heavy (non-hydrogen) atoms. The molecule has 6 nitrogen and oxygen atoms in total. The van der Waals surface area contributed by atoms with Crippen molar-refractivity contribution in [2.75, 3.05) is 13.2 Å². The lowest BCUT2D eigenvalue weighted by Crippen LogP contribution is -2.16. The first kappa shape index (κ1) is 17.1. The molecule has 0 fully saturated rings. The highest BCUT2D eigenvalue weighted by atomic mass is 79.9. The SMILES string of the molecule is CC(C)OCCOC(=O)c1cc(S(N)(=O)=O)ccc1Br. The fraction of sp³-hybridized carbons (Fsp3) is 0.417. The van der Waals surface area contributed by atoms with E-state index in [0.717, 1.165) is 0 Å². The maximum absolute atomic E-state index is 11.8. The zero-order chi connectivity index (χ0) is 15.3. The molecule has 0 saturated heterocycles. The van der Waals surface area contributed by atoms with E-state index >= 15 is 0 Å². The van der Waals surface area contributed by atoms with Gasteiger partial charge in [0.05, 0.1) is 23.2 Å². The van der Waals surface area contributed by atoms with Crippen LogP contribution >= 0.6 is 15.9 Å². The van der Waals surface area contributed by atoms with Gasteiger partial charge in [0, 0.05) is 4.47 Å². The van der Waals surface area contributed by atoms with Crippen molar-refractivity contribution in [1.82, 2.24) is 0 Å². The Morgan fingerprint density at radius 3 is 2.55 bits per heavy atom. The smallest absolute Gasteiger partial charge is 0.339 e. The molecule has 0 radical (unpaired) electrons. The average Bonchev–Trinajstić information content (AvgIpc) is 2.33. The molecular formula is C12H16BrNO5S. The Morgan fingerprint density at radius 1 is 1.35 bits per heavy atom. The summed E-state index contributed by atoms with van der Waals surface area (Å²) < 4.78 is 33.1. The molecule has 0 aliphatic rings. The fourth-order valence-electron chi connectivity index (χ4n) is 1.33. The van der Waals surface area contributed by atoms with Crippen molar-refractivity contribution in [3.8, 4) is 0 Å². The minimum absolute atomic E-state index is 0.0474. The number of ether oxygens (including phenoxy) is 2. The van der Waals surface area contributed by atoms with E-state index in [2.05, 4.69) is 15.9 Å². The number of halogens is 1. The van der Waals surface area contributed by atoms with Crippen LogP contribution in [0.5, 0.6) is 0 Å². The van der Waals surface area contributed by atoms with Crippen LogP contribution in [0.3, 0.4) is 0 Å². The predicted molar refractivity (Wildman–Crippen MR) is 76.9 cm³/mol. The van der Waals surface area contributed by atoms with E-state index in [9.17, 15) is 13.2 Å². The molecule has 2 N–H and O–H groups in total. The molecule has 1 rings (SSSR count). The highest BCUT2D eigenvalue weighted by Crippen LogP contribution is 2.21. The van der Waals surface area contributed by atoms with Crippen molar-refractivity contribution in [3.05, 3.63) is 28.2 Å². The summed E-state index contributed by atoms with van der Waals surface area (Å²) in [6.07, 6.45) is 0.0474. The van der Waals surface area contributed by atoms with E-state index in [-0.39, 0.29) is 29.8 Å². The number of carbonyl (C=O) groups excluding carboxylic acids is 1. The van der Waals surface area contributed by atoms with E-state index in [4.69, 9.17) is 14.6 Å². The van der Waals surface area contributed by atoms with Crippen molar-refractivity contribution in [2.45, 2.75) is 24.8 Å². The van der Waals surface area contributed by atoms with E-state index in [1.54, 1.807) is 0 Å². The number of hydrogen-bond acceptors (Lipinski definition) is 5. The van der Waals surface area contributed by atoms with Gasteiger partial charge >= 0.3 is 5.97 Å². The van der Waals surface area contributed by atoms with E-state index in [1.807, 2.05) is 13.8 Å². The quantitative estimate of drug-likeness (QED) is 0.611. The van der Waals surface area contributed by atoms with Crippen LogP contribution in [0.15, 0.2) is 27.6 Å². The fourth-order valence-corrected chi connectivity index (χ4v) is 2.28. The number of rotatable bonds is 6. The molecule has 0 unspecified atom stereocenters. The van der Waals surface area contributed by atoms with Crippen LogP contribution in [0, 0.1) is 0 Å². The molecule has 1 aromatic carbocycles. The lowest BCUT2D eigenvalue weighted by molar-refractivity contribution is 0.0176. The topological polar surface area (TPSA) is 95.7 Å². The zero-order valence-corrected chi connectivity index (χ0v) is 13.5. The number of esters is 1. The van der Waals surface area contributed by atoms with Gasteiger partial charge in [-0.3, -0.25) is 0 Å². The van der Waals surface area contributed by atoms with E-state index in [0.29, 0.717) is 4.47 Å². The Hall–Kier alpha value is -0.960. The molecule has 0 saturated carbocycles. The van der Waals surface area contributed by atoms with Gasteiger partial charge < -0.3 is 9.47 Å². The van der Waals surface area contributed by atoms with Gasteiger partial charge in [-0.05, 0) is 48.0 Å². The number of nitrogens with two attached hydrogens (primary N) is 1. The summed E-state index contributed by atoms with van der Waals surface area (Å²) in [5.41, 5.74) is 0.0982. The number of carbonyl (C=O) groups is 1. The first-order valence-electron chi connectivity index (χ1n) is 5.83. The normalized spacial score (nSPS) is 11.7. The van der Waals surface area contributed by atoms with Gasteiger partial charge in [-0.2, -0.15) is 0 Å². The van der Waals surface area contributed by atoms with Crippen molar-refractivity contribution >= 4 is 31.9 Å². The Morgan fingerprint density at radius 2 is 2.00 bits per heavy atom. The van der Waals surface area contributed by atoms with Gasteiger partial charge in [0.25, 0.3) is 0 Å². The Kier molecular flexibility index (Phi) is 6.12. The van der Waals surface area contributed by atoms with Crippen LogP contribution in [0.25, 0.3) is 0 Å². The third kappa shape index (κ3) is 5.20. The molecule has 112 valence electrons. The molecule has 0 aromatic heterocycles. The second-order valence-corrected chi connectivity index (χ2v) is 6.66. The second-order valence-electron chi connectivity index (χ2n) is 4.24. The first-order chi connectivity index (χ1) is 9.21. The van der Waals surface area contributed by atoms with Crippen molar-refractivity contribution in [1.29, 1.82) is 0 Å². The average molecular weight is 366 g/mol. The third-order valence-corrected chi connectivity index (χ3v) is 3.86. The van der Waals surface area contributed by atoms with Crippen LogP contribution in [0.2, 0.25) is 0 Å². The van der Waals surface area contributed by atoms with Gasteiger partial charge in [-0.1, -0.05) is 0 Å². The molecule has 0 spiro atoms. The third-order valence-electron chi connectivity index (χ3n) is 2.25. The van der Waals surface area contributed by atoms with Gasteiger partial charge in [-0.25, -0.2) is 18.4 Å². The summed E-state index contributed by atoms with van der Waals surface area (Å²) >= 11 is 3.16.